The highest BCUT2D eigenvalue weighted by molar-refractivity contribution is 7.99. The third-order valence-electron chi connectivity index (χ3n) is 3.37. The number of benzene rings is 2. The molecule has 0 unspecified atom stereocenters. The second kappa shape index (κ2) is 7.29. The maximum atomic E-state index is 10.9. The van der Waals surface area contributed by atoms with Crippen LogP contribution in [-0.4, -0.2) is 36.7 Å². The van der Waals surface area contributed by atoms with E-state index in [1.54, 1.807) is 0 Å². The number of carbonyl (C=O) groups is 1. The number of carboxylic acid groups (broad SMARTS) is 1. The molecule has 0 radical (unpaired) electrons. The zero-order valence-electron chi connectivity index (χ0n) is 12.7. The molecule has 0 aliphatic rings. The fourth-order valence-corrected chi connectivity index (χ4v) is 2.92. The molecule has 0 saturated carbocycles. The van der Waals surface area contributed by atoms with E-state index in [0.717, 1.165) is 28.6 Å². The zero-order valence-corrected chi connectivity index (χ0v) is 13.5. The van der Waals surface area contributed by atoms with Crippen molar-refractivity contribution < 1.29 is 15.0 Å². The summed E-state index contributed by atoms with van der Waals surface area (Å²) >= 11 is 1.12. The molecule has 0 atom stereocenters. The molecule has 1 heterocycles. The molecule has 6 nitrogen and oxygen atoms in total. The van der Waals surface area contributed by atoms with Crippen molar-refractivity contribution in [2.45, 2.75) is 11.8 Å². The van der Waals surface area contributed by atoms with E-state index in [9.17, 15) is 4.79 Å². The number of thioether (sulfide) groups is 1. The third kappa shape index (κ3) is 3.47. The minimum absolute atomic E-state index is 0.0225. The Labute approximate surface area is 142 Å². The first-order valence-electron chi connectivity index (χ1n) is 7.24. The van der Waals surface area contributed by atoms with Crippen LogP contribution in [0.1, 0.15) is 5.56 Å². The Morgan fingerprint density at radius 3 is 2.38 bits per heavy atom. The predicted molar refractivity (Wildman–Crippen MR) is 91.1 cm³/mol. The summed E-state index contributed by atoms with van der Waals surface area (Å²) in [4.78, 5) is 10.9. The Kier molecular flexibility index (Phi) is 4.93. The van der Waals surface area contributed by atoms with Gasteiger partial charge in [-0.05, 0) is 17.7 Å². The molecule has 1 aromatic heterocycles. The fraction of sp³-hybridized carbons (Fsp3) is 0.118. The number of aliphatic hydroxyl groups is 1. The Balaban J connectivity index is 2.06. The number of rotatable bonds is 6. The Bertz CT molecular complexity index is 832. The maximum absolute atomic E-state index is 10.9. The van der Waals surface area contributed by atoms with Crippen molar-refractivity contribution in [3.63, 3.8) is 0 Å². The van der Waals surface area contributed by atoms with Crippen LogP contribution >= 0.6 is 11.8 Å². The average molecular weight is 341 g/mol. The third-order valence-corrected chi connectivity index (χ3v) is 4.28. The summed E-state index contributed by atoms with van der Waals surface area (Å²) in [7, 11) is 0. The van der Waals surface area contributed by atoms with E-state index in [-0.39, 0.29) is 12.4 Å². The number of para-hydroxylation sites is 1. The number of aromatic nitrogens is 3. The van der Waals surface area contributed by atoms with Crippen LogP contribution in [0, 0.1) is 0 Å². The summed E-state index contributed by atoms with van der Waals surface area (Å²) in [6.45, 7) is -0.0225. The van der Waals surface area contributed by atoms with Crippen LogP contribution in [0.5, 0.6) is 0 Å². The van der Waals surface area contributed by atoms with Crippen molar-refractivity contribution >= 4 is 17.7 Å². The van der Waals surface area contributed by atoms with Crippen LogP contribution in [0.25, 0.3) is 17.1 Å². The van der Waals surface area contributed by atoms with E-state index in [1.807, 2.05) is 59.2 Å². The van der Waals surface area contributed by atoms with Crippen LogP contribution in [-0.2, 0) is 11.4 Å². The van der Waals surface area contributed by atoms with Gasteiger partial charge in [-0.15, -0.1) is 10.2 Å². The summed E-state index contributed by atoms with van der Waals surface area (Å²) in [6, 6.07) is 16.9. The minimum Gasteiger partial charge on any atom is -0.481 e. The maximum Gasteiger partial charge on any atom is 0.313 e. The van der Waals surface area contributed by atoms with Gasteiger partial charge in [0.15, 0.2) is 11.0 Å². The van der Waals surface area contributed by atoms with E-state index in [1.165, 1.54) is 0 Å². The molecule has 24 heavy (non-hydrogen) atoms. The molecule has 0 amide bonds. The lowest BCUT2D eigenvalue weighted by molar-refractivity contribution is -0.133. The van der Waals surface area contributed by atoms with Gasteiger partial charge in [0.05, 0.1) is 12.4 Å². The van der Waals surface area contributed by atoms with Gasteiger partial charge in [0, 0.05) is 11.3 Å². The number of nitrogens with zero attached hydrogens (tertiary/aromatic N) is 3. The molecule has 0 saturated heterocycles. The van der Waals surface area contributed by atoms with Gasteiger partial charge >= 0.3 is 5.97 Å². The molecule has 2 aromatic carbocycles. The van der Waals surface area contributed by atoms with Crippen LogP contribution in [0.2, 0.25) is 0 Å². The van der Waals surface area contributed by atoms with Gasteiger partial charge in [-0.1, -0.05) is 54.2 Å². The number of hydrogen-bond donors (Lipinski definition) is 2. The smallest absolute Gasteiger partial charge is 0.313 e. The second-order valence-electron chi connectivity index (χ2n) is 5.01. The SMILES string of the molecule is O=C(O)CSc1nnc(-c2ccc(CO)cc2)n1-c1ccccc1. The molecule has 3 aromatic rings. The van der Waals surface area contributed by atoms with Gasteiger partial charge < -0.3 is 10.2 Å². The zero-order chi connectivity index (χ0) is 16.9. The van der Waals surface area contributed by atoms with Crippen molar-refractivity contribution in [1.29, 1.82) is 0 Å². The van der Waals surface area contributed by atoms with Crippen LogP contribution < -0.4 is 0 Å². The molecule has 3 rings (SSSR count). The van der Waals surface area contributed by atoms with Gasteiger partial charge in [0.1, 0.15) is 0 Å². The quantitative estimate of drug-likeness (QED) is 0.670. The Morgan fingerprint density at radius 2 is 1.75 bits per heavy atom. The van der Waals surface area contributed by atoms with Crippen molar-refractivity contribution in [3.8, 4) is 17.1 Å². The topological polar surface area (TPSA) is 88.2 Å². The number of hydrogen-bond acceptors (Lipinski definition) is 5. The summed E-state index contributed by atoms with van der Waals surface area (Å²) in [6.07, 6.45) is 0. The van der Waals surface area contributed by atoms with E-state index in [2.05, 4.69) is 10.2 Å². The van der Waals surface area contributed by atoms with Crippen LogP contribution in [0.4, 0.5) is 0 Å². The highest BCUT2D eigenvalue weighted by Crippen LogP contribution is 2.28. The van der Waals surface area contributed by atoms with Gasteiger partial charge in [-0.25, -0.2) is 0 Å². The molecule has 0 fully saturated rings. The van der Waals surface area contributed by atoms with Crippen molar-refractivity contribution in [3.05, 3.63) is 60.2 Å². The van der Waals surface area contributed by atoms with Crippen LogP contribution in [0.15, 0.2) is 59.8 Å². The monoisotopic (exact) mass is 341 g/mol. The first-order valence-corrected chi connectivity index (χ1v) is 8.23. The van der Waals surface area contributed by atoms with Gasteiger partial charge in [0.2, 0.25) is 0 Å². The van der Waals surface area contributed by atoms with E-state index in [4.69, 9.17) is 10.2 Å². The largest absolute Gasteiger partial charge is 0.481 e. The van der Waals surface area contributed by atoms with Crippen molar-refractivity contribution in [1.82, 2.24) is 14.8 Å². The Hall–Kier alpha value is -2.64. The Morgan fingerprint density at radius 1 is 1.04 bits per heavy atom. The molecule has 2 N–H and O–H groups in total. The molecule has 0 bridgehead atoms. The molecule has 7 heteroatoms. The number of aliphatic hydroxyl groups excluding tert-OH is 1. The van der Waals surface area contributed by atoms with E-state index < -0.39 is 5.97 Å². The van der Waals surface area contributed by atoms with Crippen molar-refractivity contribution in [2.75, 3.05) is 5.75 Å². The summed E-state index contributed by atoms with van der Waals surface area (Å²) in [5.74, 6) is -0.371. The molecule has 0 aliphatic carbocycles. The molecular weight excluding hydrogens is 326 g/mol. The molecule has 122 valence electrons. The summed E-state index contributed by atoms with van der Waals surface area (Å²) in [5.41, 5.74) is 2.51. The summed E-state index contributed by atoms with van der Waals surface area (Å²) < 4.78 is 1.83. The predicted octanol–water partition coefficient (Wildman–Crippen LogP) is 2.60. The normalized spacial score (nSPS) is 10.7. The second-order valence-corrected chi connectivity index (χ2v) is 5.96. The lowest BCUT2D eigenvalue weighted by atomic mass is 10.1. The van der Waals surface area contributed by atoms with Crippen LogP contribution in [0.3, 0.4) is 0 Å². The first-order chi connectivity index (χ1) is 11.7. The minimum atomic E-state index is -0.906. The lowest BCUT2D eigenvalue weighted by Crippen LogP contribution is -2.03. The number of aliphatic carboxylic acids is 1. The molecule has 0 aliphatic heterocycles. The first kappa shape index (κ1) is 16.2. The van der Waals surface area contributed by atoms with Crippen molar-refractivity contribution in [2.24, 2.45) is 0 Å². The molecular formula is C17H15N3O3S. The standard InChI is InChI=1S/C17H15N3O3S/c21-10-12-6-8-13(9-7-12)16-18-19-17(24-11-15(22)23)20(16)14-4-2-1-3-5-14/h1-9,21H,10-11H2,(H,22,23). The van der Waals surface area contributed by atoms with E-state index in [0.29, 0.717) is 11.0 Å². The lowest BCUT2D eigenvalue weighted by Gasteiger charge is -2.10. The van der Waals surface area contributed by atoms with E-state index >= 15 is 0 Å². The van der Waals surface area contributed by atoms with Gasteiger partial charge in [-0.3, -0.25) is 9.36 Å². The highest BCUT2D eigenvalue weighted by Gasteiger charge is 2.16. The molecule has 0 spiro atoms. The highest BCUT2D eigenvalue weighted by atomic mass is 32.2. The average Bonchev–Trinajstić information content (AvgIpc) is 3.04. The number of carboxylic acids is 1. The fourth-order valence-electron chi connectivity index (χ4n) is 2.25. The van der Waals surface area contributed by atoms with Gasteiger partial charge in [-0.2, -0.15) is 0 Å². The summed E-state index contributed by atoms with van der Waals surface area (Å²) in [5, 5.41) is 27.0. The van der Waals surface area contributed by atoms with Gasteiger partial charge in [0.25, 0.3) is 0 Å².